The van der Waals surface area contributed by atoms with Crippen LogP contribution in [0.4, 0.5) is 0 Å². The number of H-pyrrole nitrogens is 1. The van der Waals surface area contributed by atoms with Gasteiger partial charge >= 0.3 is 0 Å². The maximum Gasteiger partial charge on any atom is 0.230 e. The van der Waals surface area contributed by atoms with Gasteiger partial charge < -0.3 is 9.32 Å². The number of nitrogens with zero attached hydrogens (tertiary/aromatic N) is 2. The van der Waals surface area contributed by atoms with Crippen molar-refractivity contribution in [3.63, 3.8) is 0 Å². The summed E-state index contributed by atoms with van der Waals surface area (Å²) in [6.07, 6.45) is 8.93. The molecule has 0 bridgehead atoms. The lowest BCUT2D eigenvalue weighted by molar-refractivity contribution is -0.137. The second-order valence-electron chi connectivity index (χ2n) is 6.95. The summed E-state index contributed by atoms with van der Waals surface area (Å²) >= 11 is 0. The lowest BCUT2D eigenvalue weighted by Crippen LogP contribution is -2.41. The van der Waals surface area contributed by atoms with E-state index in [2.05, 4.69) is 28.1 Å². The number of rotatable bonds is 3. The maximum atomic E-state index is 13.3. The zero-order valence-electron chi connectivity index (χ0n) is 14.3. The van der Waals surface area contributed by atoms with Crippen LogP contribution in [0.5, 0.6) is 0 Å². The van der Waals surface area contributed by atoms with Crippen molar-refractivity contribution in [1.82, 2.24) is 15.1 Å². The van der Waals surface area contributed by atoms with Crippen molar-refractivity contribution >= 4 is 5.91 Å². The Kier molecular flexibility index (Phi) is 4.17. The van der Waals surface area contributed by atoms with E-state index in [0.717, 1.165) is 74.3 Å². The summed E-state index contributed by atoms with van der Waals surface area (Å²) in [5.74, 6) is 2.14. The van der Waals surface area contributed by atoms with E-state index in [-0.39, 0.29) is 17.9 Å². The van der Waals surface area contributed by atoms with Gasteiger partial charge in [0.25, 0.3) is 0 Å². The van der Waals surface area contributed by atoms with Gasteiger partial charge in [0.15, 0.2) is 0 Å². The molecule has 1 amide bonds. The molecule has 1 saturated heterocycles. The van der Waals surface area contributed by atoms with Gasteiger partial charge in [0.05, 0.1) is 18.2 Å². The van der Waals surface area contributed by atoms with Gasteiger partial charge in [-0.25, -0.2) is 0 Å². The molecule has 1 aliphatic heterocycles. The van der Waals surface area contributed by atoms with Crippen LogP contribution in [-0.2, 0) is 17.6 Å². The van der Waals surface area contributed by atoms with E-state index in [1.165, 1.54) is 0 Å². The van der Waals surface area contributed by atoms with Gasteiger partial charge in [-0.05, 0) is 50.7 Å². The monoisotopic (exact) mass is 327 g/mol. The number of piperidine rings is 1. The van der Waals surface area contributed by atoms with E-state index < -0.39 is 0 Å². The summed E-state index contributed by atoms with van der Waals surface area (Å²) < 4.78 is 5.98. The van der Waals surface area contributed by atoms with Crippen molar-refractivity contribution in [2.75, 3.05) is 6.54 Å². The van der Waals surface area contributed by atoms with Crippen molar-refractivity contribution in [1.29, 1.82) is 0 Å². The van der Waals surface area contributed by atoms with Crippen LogP contribution in [0.2, 0.25) is 0 Å². The molecule has 24 heavy (non-hydrogen) atoms. The van der Waals surface area contributed by atoms with Crippen molar-refractivity contribution in [2.24, 2.45) is 0 Å². The first-order valence-electron chi connectivity index (χ1n) is 9.19. The van der Waals surface area contributed by atoms with Gasteiger partial charge in [-0.2, -0.15) is 5.10 Å². The summed E-state index contributed by atoms with van der Waals surface area (Å²) in [5.41, 5.74) is 2.24. The Labute approximate surface area is 142 Å². The van der Waals surface area contributed by atoms with Gasteiger partial charge in [0.1, 0.15) is 11.5 Å². The summed E-state index contributed by atoms with van der Waals surface area (Å²) in [7, 11) is 0. The Bertz CT molecular complexity index is 718. The lowest BCUT2D eigenvalue weighted by atomic mass is 9.85. The Morgan fingerprint density at radius 2 is 2.25 bits per heavy atom. The van der Waals surface area contributed by atoms with Gasteiger partial charge in [0, 0.05) is 24.2 Å². The Morgan fingerprint density at radius 1 is 1.33 bits per heavy atom. The minimum atomic E-state index is -0.0475. The molecule has 2 aromatic heterocycles. The Balaban J connectivity index is 1.60. The molecule has 1 aliphatic carbocycles. The Morgan fingerprint density at radius 3 is 3.08 bits per heavy atom. The maximum absolute atomic E-state index is 13.3. The third kappa shape index (κ3) is 2.66. The molecule has 1 fully saturated rings. The van der Waals surface area contributed by atoms with Crippen molar-refractivity contribution in [3.8, 4) is 0 Å². The molecule has 3 heterocycles. The largest absolute Gasteiger partial charge is 0.464 e. The Hall–Kier alpha value is -2.04. The summed E-state index contributed by atoms with van der Waals surface area (Å²) in [6, 6.07) is 4.18. The molecule has 2 atom stereocenters. The summed E-state index contributed by atoms with van der Waals surface area (Å²) in [6.45, 7) is 2.92. The predicted molar refractivity (Wildman–Crippen MR) is 90.7 cm³/mol. The van der Waals surface area contributed by atoms with Crippen LogP contribution in [0.15, 0.2) is 22.7 Å². The lowest BCUT2D eigenvalue weighted by Gasteiger charge is -2.37. The minimum absolute atomic E-state index is 0.0475. The second kappa shape index (κ2) is 6.46. The number of carbonyl (C=O) groups is 1. The predicted octanol–water partition coefficient (Wildman–Crippen LogP) is 3.74. The second-order valence-corrected chi connectivity index (χ2v) is 6.95. The van der Waals surface area contributed by atoms with Crippen LogP contribution < -0.4 is 0 Å². The first kappa shape index (κ1) is 15.5. The zero-order chi connectivity index (χ0) is 16.5. The topological polar surface area (TPSA) is 62.1 Å². The highest BCUT2D eigenvalue weighted by Crippen LogP contribution is 2.38. The number of aryl methyl sites for hydroxylation is 2. The fourth-order valence-electron chi connectivity index (χ4n) is 4.17. The van der Waals surface area contributed by atoms with Crippen LogP contribution in [0.25, 0.3) is 0 Å². The number of carbonyl (C=O) groups excluding carboxylic acids is 1. The van der Waals surface area contributed by atoms with E-state index >= 15 is 0 Å². The first-order chi connectivity index (χ1) is 11.8. The molecule has 2 aromatic rings. The van der Waals surface area contributed by atoms with E-state index in [0.29, 0.717) is 0 Å². The highest BCUT2D eigenvalue weighted by Gasteiger charge is 2.36. The normalized spacial score (nSPS) is 24.0. The third-order valence-corrected chi connectivity index (χ3v) is 5.49. The number of hydrogen-bond donors (Lipinski definition) is 1. The fourth-order valence-corrected chi connectivity index (χ4v) is 4.17. The minimum Gasteiger partial charge on any atom is -0.464 e. The highest BCUT2D eigenvalue weighted by molar-refractivity contribution is 5.84. The van der Waals surface area contributed by atoms with Gasteiger partial charge in [0.2, 0.25) is 5.91 Å². The van der Waals surface area contributed by atoms with Gasteiger partial charge in [-0.3, -0.25) is 9.89 Å². The van der Waals surface area contributed by atoms with Gasteiger partial charge in [-0.15, -0.1) is 0 Å². The molecule has 0 unspecified atom stereocenters. The third-order valence-electron chi connectivity index (χ3n) is 5.49. The molecular formula is C19H25N3O2. The molecule has 2 aliphatic rings. The van der Waals surface area contributed by atoms with Crippen molar-refractivity contribution in [3.05, 3.63) is 41.1 Å². The molecule has 0 aromatic carbocycles. The van der Waals surface area contributed by atoms with E-state index in [1.54, 1.807) is 0 Å². The molecule has 128 valence electrons. The number of hydrogen-bond acceptors (Lipinski definition) is 3. The fraction of sp³-hybridized carbons (Fsp3) is 0.579. The van der Waals surface area contributed by atoms with Crippen LogP contribution in [-0.4, -0.2) is 27.5 Å². The van der Waals surface area contributed by atoms with Crippen LogP contribution >= 0.6 is 0 Å². The number of fused-ring (bicyclic) bond motifs is 1. The quantitative estimate of drug-likeness (QED) is 0.934. The van der Waals surface area contributed by atoms with E-state index in [9.17, 15) is 4.79 Å². The molecule has 1 N–H and O–H groups in total. The van der Waals surface area contributed by atoms with Crippen LogP contribution in [0, 0.1) is 0 Å². The van der Waals surface area contributed by atoms with Crippen LogP contribution in [0.3, 0.4) is 0 Å². The molecule has 0 radical (unpaired) electrons. The first-order valence-corrected chi connectivity index (χ1v) is 9.19. The van der Waals surface area contributed by atoms with Crippen LogP contribution in [0.1, 0.15) is 73.8 Å². The highest BCUT2D eigenvalue weighted by atomic mass is 16.3. The average molecular weight is 327 g/mol. The number of likely N-dealkylation sites (tertiary alicyclic amines) is 1. The average Bonchev–Trinajstić information content (AvgIpc) is 3.29. The molecular weight excluding hydrogens is 302 g/mol. The molecule has 4 rings (SSSR count). The van der Waals surface area contributed by atoms with E-state index in [4.69, 9.17) is 4.42 Å². The summed E-state index contributed by atoms with van der Waals surface area (Å²) in [4.78, 5) is 15.4. The molecule has 5 heteroatoms. The van der Waals surface area contributed by atoms with E-state index in [1.807, 2.05) is 12.3 Å². The molecule has 0 saturated carbocycles. The zero-order valence-corrected chi connectivity index (χ0v) is 14.3. The van der Waals surface area contributed by atoms with Crippen molar-refractivity contribution in [2.45, 2.75) is 63.8 Å². The standard InChI is InChI=1S/C19H25N3O2/c1-2-13-9-10-18(24-13)17-8-3-4-11-22(17)19(23)14-6-5-7-16-15(14)12-20-21-16/h9-10,12,14,17H,2-8,11H2,1H3,(H,20,21)/t14-,17+/m1/s1. The summed E-state index contributed by atoms with van der Waals surface area (Å²) in [5, 5.41) is 7.22. The number of nitrogens with one attached hydrogen (secondary N) is 1. The SMILES string of the molecule is CCc1ccc([C@@H]2CCCCN2C(=O)[C@@H]2CCCc3[nH]ncc32)o1. The van der Waals surface area contributed by atoms with Crippen molar-refractivity contribution < 1.29 is 9.21 Å². The molecule has 5 nitrogen and oxygen atoms in total. The number of aromatic amines is 1. The molecule has 0 spiro atoms. The smallest absolute Gasteiger partial charge is 0.230 e. The number of aromatic nitrogens is 2. The number of amides is 1. The van der Waals surface area contributed by atoms with Gasteiger partial charge in [-0.1, -0.05) is 6.92 Å². The number of furan rings is 1.